The number of anilines is 1. The van der Waals surface area contributed by atoms with Crippen molar-refractivity contribution in [1.82, 2.24) is 15.3 Å². The fourth-order valence-electron chi connectivity index (χ4n) is 2.24. The SMILES string of the molecule is CCCCNc1ncc(C(=O)NCc2ccc(C(F)(F)F)cc2)c(C)n1. The summed E-state index contributed by atoms with van der Waals surface area (Å²) in [5.74, 6) is 0.0951. The highest BCUT2D eigenvalue weighted by molar-refractivity contribution is 5.94. The number of benzene rings is 1. The first-order chi connectivity index (χ1) is 12.3. The van der Waals surface area contributed by atoms with Gasteiger partial charge in [-0.3, -0.25) is 4.79 Å². The Morgan fingerprint density at radius 2 is 1.88 bits per heavy atom. The van der Waals surface area contributed by atoms with E-state index in [2.05, 4.69) is 27.5 Å². The highest BCUT2D eigenvalue weighted by Crippen LogP contribution is 2.29. The summed E-state index contributed by atoms with van der Waals surface area (Å²) >= 11 is 0. The van der Waals surface area contributed by atoms with Crippen molar-refractivity contribution in [3.63, 3.8) is 0 Å². The molecular formula is C18H21F3N4O. The second kappa shape index (κ2) is 8.64. The normalized spacial score (nSPS) is 11.3. The number of aromatic nitrogens is 2. The predicted molar refractivity (Wildman–Crippen MR) is 92.8 cm³/mol. The molecule has 2 N–H and O–H groups in total. The van der Waals surface area contributed by atoms with E-state index in [1.54, 1.807) is 6.92 Å². The van der Waals surface area contributed by atoms with Crippen LogP contribution in [0.1, 0.15) is 46.9 Å². The van der Waals surface area contributed by atoms with E-state index >= 15 is 0 Å². The Balaban J connectivity index is 1.95. The second-order valence-corrected chi connectivity index (χ2v) is 5.85. The van der Waals surface area contributed by atoms with Crippen LogP contribution in [0.15, 0.2) is 30.5 Å². The molecule has 0 aliphatic rings. The van der Waals surface area contributed by atoms with E-state index in [1.807, 2.05) is 0 Å². The summed E-state index contributed by atoms with van der Waals surface area (Å²) in [4.78, 5) is 20.6. The van der Waals surface area contributed by atoms with Gasteiger partial charge in [-0.1, -0.05) is 25.5 Å². The summed E-state index contributed by atoms with van der Waals surface area (Å²) in [5, 5.41) is 5.75. The van der Waals surface area contributed by atoms with Crippen molar-refractivity contribution in [2.24, 2.45) is 0 Å². The first kappa shape index (κ1) is 19.7. The van der Waals surface area contributed by atoms with E-state index in [0.717, 1.165) is 31.5 Å². The number of hydrogen-bond donors (Lipinski definition) is 2. The van der Waals surface area contributed by atoms with Crippen LogP contribution in [0.25, 0.3) is 0 Å². The number of nitrogens with zero attached hydrogens (tertiary/aromatic N) is 2. The summed E-state index contributed by atoms with van der Waals surface area (Å²) in [7, 11) is 0. The average molecular weight is 366 g/mol. The van der Waals surface area contributed by atoms with Crippen LogP contribution in [-0.2, 0) is 12.7 Å². The van der Waals surface area contributed by atoms with Crippen molar-refractivity contribution in [2.75, 3.05) is 11.9 Å². The van der Waals surface area contributed by atoms with Gasteiger partial charge in [0.2, 0.25) is 5.95 Å². The Labute approximate surface area is 150 Å². The second-order valence-electron chi connectivity index (χ2n) is 5.85. The molecule has 1 aromatic heterocycles. The Morgan fingerprint density at radius 1 is 1.19 bits per heavy atom. The van der Waals surface area contributed by atoms with Gasteiger partial charge in [-0.15, -0.1) is 0 Å². The molecule has 2 aromatic rings. The van der Waals surface area contributed by atoms with E-state index in [0.29, 0.717) is 22.8 Å². The Hall–Kier alpha value is -2.64. The molecule has 2 rings (SSSR count). The van der Waals surface area contributed by atoms with Gasteiger partial charge in [0.15, 0.2) is 0 Å². The number of amides is 1. The fourth-order valence-corrected chi connectivity index (χ4v) is 2.24. The number of unbranched alkanes of at least 4 members (excludes halogenated alkanes) is 1. The van der Waals surface area contributed by atoms with Gasteiger partial charge in [0, 0.05) is 19.3 Å². The monoisotopic (exact) mass is 366 g/mol. The standard InChI is InChI=1S/C18H21F3N4O/c1-3-4-9-22-17-24-11-15(12(2)25-17)16(26)23-10-13-5-7-14(8-6-13)18(19,20)21/h5-8,11H,3-4,9-10H2,1-2H3,(H,23,26)(H,22,24,25). The lowest BCUT2D eigenvalue weighted by molar-refractivity contribution is -0.137. The minimum absolute atomic E-state index is 0.118. The van der Waals surface area contributed by atoms with Crippen molar-refractivity contribution >= 4 is 11.9 Å². The van der Waals surface area contributed by atoms with Gasteiger partial charge in [0.05, 0.1) is 16.8 Å². The molecule has 1 aromatic carbocycles. The van der Waals surface area contributed by atoms with E-state index in [4.69, 9.17) is 0 Å². The molecule has 0 saturated heterocycles. The summed E-state index contributed by atoms with van der Waals surface area (Å²) in [5.41, 5.74) is 0.715. The zero-order valence-corrected chi connectivity index (χ0v) is 14.7. The fraction of sp³-hybridized carbons (Fsp3) is 0.389. The molecule has 140 valence electrons. The zero-order valence-electron chi connectivity index (χ0n) is 14.7. The lowest BCUT2D eigenvalue weighted by Crippen LogP contribution is -2.24. The molecule has 0 spiro atoms. The number of alkyl halides is 3. The Morgan fingerprint density at radius 3 is 2.46 bits per heavy atom. The number of rotatable bonds is 7. The van der Waals surface area contributed by atoms with Crippen LogP contribution >= 0.6 is 0 Å². The quantitative estimate of drug-likeness (QED) is 0.729. The van der Waals surface area contributed by atoms with Gasteiger partial charge in [-0.05, 0) is 31.0 Å². The molecule has 8 heteroatoms. The van der Waals surface area contributed by atoms with Crippen LogP contribution in [-0.4, -0.2) is 22.4 Å². The summed E-state index contributed by atoms with van der Waals surface area (Å²) < 4.78 is 37.6. The highest BCUT2D eigenvalue weighted by Gasteiger charge is 2.29. The first-order valence-corrected chi connectivity index (χ1v) is 8.33. The van der Waals surface area contributed by atoms with Gasteiger partial charge < -0.3 is 10.6 Å². The number of carbonyl (C=O) groups excluding carboxylic acids is 1. The third-order valence-corrected chi connectivity index (χ3v) is 3.77. The van der Waals surface area contributed by atoms with Gasteiger partial charge in [0.1, 0.15) is 0 Å². The summed E-state index contributed by atoms with van der Waals surface area (Å²) in [6.07, 6.45) is -0.879. The van der Waals surface area contributed by atoms with Crippen LogP contribution in [0.3, 0.4) is 0 Å². The van der Waals surface area contributed by atoms with Crippen LogP contribution in [0, 0.1) is 6.92 Å². The third-order valence-electron chi connectivity index (χ3n) is 3.77. The van der Waals surface area contributed by atoms with Crippen LogP contribution in [0.2, 0.25) is 0 Å². The lowest BCUT2D eigenvalue weighted by atomic mass is 10.1. The van der Waals surface area contributed by atoms with E-state index < -0.39 is 11.7 Å². The van der Waals surface area contributed by atoms with E-state index in [1.165, 1.54) is 18.3 Å². The number of halogens is 3. The third kappa shape index (κ3) is 5.44. The van der Waals surface area contributed by atoms with Crippen molar-refractivity contribution in [3.05, 3.63) is 52.8 Å². The smallest absolute Gasteiger partial charge is 0.354 e. The molecular weight excluding hydrogens is 345 g/mol. The summed E-state index contributed by atoms with van der Waals surface area (Å²) in [6.45, 7) is 4.67. The zero-order chi connectivity index (χ0) is 19.2. The first-order valence-electron chi connectivity index (χ1n) is 8.33. The molecule has 26 heavy (non-hydrogen) atoms. The molecule has 5 nitrogen and oxygen atoms in total. The molecule has 0 aliphatic carbocycles. The predicted octanol–water partition coefficient (Wildman–Crippen LogP) is 3.95. The molecule has 0 radical (unpaired) electrons. The average Bonchev–Trinajstić information content (AvgIpc) is 2.59. The van der Waals surface area contributed by atoms with Gasteiger partial charge in [-0.2, -0.15) is 13.2 Å². The maximum Gasteiger partial charge on any atom is 0.416 e. The molecule has 1 heterocycles. The maximum absolute atomic E-state index is 12.5. The number of nitrogens with one attached hydrogen (secondary N) is 2. The minimum Gasteiger partial charge on any atom is -0.354 e. The summed E-state index contributed by atoms with van der Waals surface area (Å²) in [6, 6.07) is 4.67. The van der Waals surface area contributed by atoms with Crippen LogP contribution in [0.4, 0.5) is 19.1 Å². The molecule has 0 saturated carbocycles. The molecule has 0 unspecified atom stereocenters. The Kier molecular flexibility index (Phi) is 6.54. The van der Waals surface area contributed by atoms with Gasteiger partial charge >= 0.3 is 6.18 Å². The topological polar surface area (TPSA) is 66.9 Å². The highest BCUT2D eigenvalue weighted by atomic mass is 19.4. The number of aryl methyl sites for hydroxylation is 1. The van der Waals surface area contributed by atoms with Crippen molar-refractivity contribution < 1.29 is 18.0 Å². The molecule has 0 aliphatic heterocycles. The maximum atomic E-state index is 12.5. The van der Waals surface area contributed by atoms with Crippen molar-refractivity contribution in [2.45, 2.75) is 39.4 Å². The largest absolute Gasteiger partial charge is 0.416 e. The number of hydrogen-bond acceptors (Lipinski definition) is 4. The molecule has 0 atom stereocenters. The molecule has 1 amide bonds. The van der Waals surface area contributed by atoms with E-state index in [-0.39, 0.29) is 12.5 Å². The van der Waals surface area contributed by atoms with Crippen molar-refractivity contribution in [1.29, 1.82) is 0 Å². The van der Waals surface area contributed by atoms with E-state index in [9.17, 15) is 18.0 Å². The van der Waals surface area contributed by atoms with Crippen LogP contribution in [0.5, 0.6) is 0 Å². The van der Waals surface area contributed by atoms with Gasteiger partial charge in [0.25, 0.3) is 5.91 Å². The van der Waals surface area contributed by atoms with Crippen molar-refractivity contribution in [3.8, 4) is 0 Å². The lowest BCUT2D eigenvalue weighted by Gasteiger charge is -2.10. The molecule has 0 fully saturated rings. The molecule has 0 bridgehead atoms. The number of carbonyl (C=O) groups is 1. The van der Waals surface area contributed by atoms with Gasteiger partial charge in [-0.25, -0.2) is 9.97 Å². The van der Waals surface area contributed by atoms with Crippen LogP contribution < -0.4 is 10.6 Å². The minimum atomic E-state index is -4.37. The Bertz CT molecular complexity index is 745.